The van der Waals surface area contributed by atoms with Gasteiger partial charge in [-0.25, -0.2) is 0 Å². The summed E-state index contributed by atoms with van der Waals surface area (Å²) in [6.07, 6.45) is 0. The van der Waals surface area contributed by atoms with Gasteiger partial charge >= 0.3 is 0 Å². The molecule has 0 aliphatic heterocycles. The van der Waals surface area contributed by atoms with E-state index in [9.17, 15) is 0 Å². The molecule has 0 aliphatic rings. The zero-order valence-electron chi connectivity index (χ0n) is 15.5. The average Bonchev–Trinajstić information content (AvgIpc) is 2.44. The minimum absolute atomic E-state index is 0.259. The molecule has 0 heterocycles. The number of phenols is 1. The minimum Gasteiger partial charge on any atom is -0.543 e. The highest BCUT2D eigenvalue weighted by Gasteiger charge is 2.39. The van der Waals surface area contributed by atoms with Crippen LogP contribution in [0.4, 0.5) is 0 Å². The molecule has 0 aliphatic carbocycles. The topological polar surface area (TPSA) is 29.5 Å². The molecule has 0 saturated carbocycles. The first-order valence-corrected chi connectivity index (χ1v) is 10.9. The number of hydrogen-bond donors (Lipinski definition) is 1. The average molecular weight is 331 g/mol. The van der Waals surface area contributed by atoms with Crippen molar-refractivity contribution in [2.75, 3.05) is 0 Å². The van der Waals surface area contributed by atoms with Crippen molar-refractivity contribution in [1.29, 1.82) is 0 Å². The van der Waals surface area contributed by atoms with Crippen LogP contribution in [0.5, 0.6) is 11.5 Å². The molecule has 0 aromatic heterocycles. The van der Waals surface area contributed by atoms with E-state index in [2.05, 4.69) is 52.9 Å². The summed E-state index contributed by atoms with van der Waals surface area (Å²) in [4.78, 5) is 0. The van der Waals surface area contributed by atoms with Gasteiger partial charge in [-0.2, -0.15) is 0 Å². The molecule has 3 heteroatoms. The van der Waals surface area contributed by atoms with Gasteiger partial charge in [-0.1, -0.05) is 57.2 Å². The standard InChI is InChI=1S/C13H22OSi.C7H8O/c1-11-9-7-8-10-12(11)14-15(5,6)13(2,3)4;1-6-4-2-3-5-7(6)8/h7-10H,1-6H3;2-5,8H,1H3. The predicted molar refractivity (Wildman–Crippen MR) is 102 cm³/mol. The monoisotopic (exact) mass is 330 g/mol. The van der Waals surface area contributed by atoms with Gasteiger partial charge in [0, 0.05) is 0 Å². The van der Waals surface area contributed by atoms with E-state index in [1.165, 1.54) is 5.56 Å². The maximum Gasteiger partial charge on any atom is 0.250 e. The van der Waals surface area contributed by atoms with Gasteiger partial charge in [0.15, 0.2) is 0 Å². The lowest BCUT2D eigenvalue weighted by Crippen LogP contribution is -2.44. The lowest BCUT2D eigenvalue weighted by atomic mass is 10.2. The van der Waals surface area contributed by atoms with Gasteiger partial charge in [0.1, 0.15) is 11.5 Å². The molecule has 2 aromatic rings. The summed E-state index contributed by atoms with van der Waals surface area (Å²) in [5.41, 5.74) is 2.15. The normalized spacial score (nSPS) is 11.4. The molecule has 2 nitrogen and oxygen atoms in total. The molecular formula is C20H30O2Si. The number of para-hydroxylation sites is 2. The van der Waals surface area contributed by atoms with E-state index in [-0.39, 0.29) is 5.04 Å². The zero-order valence-corrected chi connectivity index (χ0v) is 16.5. The van der Waals surface area contributed by atoms with Crippen molar-refractivity contribution in [2.24, 2.45) is 0 Å². The fourth-order valence-electron chi connectivity index (χ4n) is 1.66. The summed E-state index contributed by atoms with van der Waals surface area (Å²) in [5, 5.41) is 9.18. The van der Waals surface area contributed by atoms with E-state index in [0.29, 0.717) is 5.75 Å². The van der Waals surface area contributed by atoms with Crippen molar-refractivity contribution in [3.05, 3.63) is 59.7 Å². The molecule has 0 fully saturated rings. The highest BCUT2D eigenvalue weighted by atomic mass is 28.4. The molecule has 2 rings (SSSR count). The number of aryl methyl sites for hydroxylation is 2. The van der Waals surface area contributed by atoms with E-state index >= 15 is 0 Å². The predicted octanol–water partition coefficient (Wildman–Crippen LogP) is 6.08. The Bertz CT molecular complexity index is 607. The Balaban J connectivity index is 0.000000277. The first kappa shape index (κ1) is 19.3. The molecule has 23 heavy (non-hydrogen) atoms. The van der Waals surface area contributed by atoms with E-state index < -0.39 is 8.32 Å². The van der Waals surface area contributed by atoms with Crippen LogP contribution in [-0.4, -0.2) is 13.4 Å². The van der Waals surface area contributed by atoms with Crippen LogP contribution < -0.4 is 4.43 Å². The Labute approximate surface area is 142 Å². The molecule has 1 N–H and O–H groups in total. The SMILES string of the molecule is Cc1ccccc1O.Cc1ccccc1O[Si](C)(C)C(C)(C)C. The number of benzene rings is 2. The third-order valence-electron chi connectivity index (χ3n) is 4.38. The third kappa shape index (κ3) is 5.75. The number of aromatic hydroxyl groups is 1. The second-order valence-corrected chi connectivity index (χ2v) is 12.1. The van der Waals surface area contributed by atoms with Crippen molar-refractivity contribution < 1.29 is 9.53 Å². The van der Waals surface area contributed by atoms with Crippen LogP contribution in [0.15, 0.2) is 48.5 Å². The van der Waals surface area contributed by atoms with Crippen molar-refractivity contribution in [3.8, 4) is 11.5 Å². The molecule has 0 spiro atoms. The van der Waals surface area contributed by atoms with Gasteiger partial charge in [-0.05, 0) is 55.2 Å². The molecule has 0 unspecified atom stereocenters. The highest BCUT2D eigenvalue weighted by molar-refractivity contribution is 6.74. The van der Waals surface area contributed by atoms with Crippen molar-refractivity contribution in [2.45, 2.75) is 52.8 Å². The van der Waals surface area contributed by atoms with Gasteiger partial charge in [0.05, 0.1) is 0 Å². The van der Waals surface area contributed by atoms with Gasteiger partial charge in [-0.15, -0.1) is 0 Å². The lowest BCUT2D eigenvalue weighted by Gasteiger charge is -2.36. The Hall–Kier alpha value is -1.74. The third-order valence-corrected chi connectivity index (χ3v) is 8.72. The van der Waals surface area contributed by atoms with Crippen molar-refractivity contribution >= 4 is 8.32 Å². The molecule has 0 saturated heterocycles. The lowest BCUT2D eigenvalue weighted by molar-refractivity contribution is 0.471. The molecule has 0 atom stereocenters. The van der Waals surface area contributed by atoms with Crippen LogP contribution in [0.1, 0.15) is 31.9 Å². The van der Waals surface area contributed by atoms with Crippen LogP contribution >= 0.6 is 0 Å². The second-order valence-electron chi connectivity index (χ2n) is 7.41. The largest absolute Gasteiger partial charge is 0.543 e. The molecule has 126 valence electrons. The number of phenolic OH excluding ortho intramolecular Hbond substituents is 1. The first-order chi connectivity index (χ1) is 10.5. The van der Waals surface area contributed by atoms with E-state index in [0.717, 1.165) is 11.3 Å². The maximum absolute atomic E-state index is 8.92. The van der Waals surface area contributed by atoms with Crippen LogP contribution in [0.3, 0.4) is 0 Å². The highest BCUT2D eigenvalue weighted by Crippen LogP contribution is 2.37. The molecule has 0 bridgehead atoms. The summed E-state index contributed by atoms with van der Waals surface area (Å²) in [6, 6.07) is 15.5. The van der Waals surface area contributed by atoms with E-state index in [1.807, 2.05) is 37.3 Å². The summed E-state index contributed by atoms with van der Waals surface area (Å²) >= 11 is 0. The number of hydrogen-bond acceptors (Lipinski definition) is 2. The smallest absolute Gasteiger partial charge is 0.250 e. The van der Waals surface area contributed by atoms with Crippen molar-refractivity contribution in [3.63, 3.8) is 0 Å². The first-order valence-electron chi connectivity index (χ1n) is 8.04. The Morgan fingerprint density at radius 1 is 0.826 bits per heavy atom. The van der Waals surface area contributed by atoms with Crippen LogP contribution in [-0.2, 0) is 0 Å². The molecular weight excluding hydrogens is 300 g/mol. The van der Waals surface area contributed by atoms with E-state index in [4.69, 9.17) is 9.53 Å². The fourth-order valence-corrected chi connectivity index (χ4v) is 2.75. The maximum atomic E-state index is 8.92. The quantitative estimate of drug-likeness (QED) is 0.676. The second kappa shape index (κ2) is 7.69. The van der Waals surface area contributed by atoms with Gasteiger partial charge in [0.2, 0.25) is 8.32 Å². The fraction of sp³-hybridized carbons (Fsp3) is 0.400. The summed E-state index contributed by atoms with van der Waals surface area (Å²) < 4.78 is 6.24. The van der Waals surface area contributed by atoms with Gasteiger partial charge in [-0.3, -0.25) is 0 Å². The Morgan fingerprint density at radius 2 is 1.30 bits per heavy atom. The van der Waals surface area contributed by atoms with Crippen LogP contribution in [0.2, 0.25) is 18.1 Å². The zero-order chi connectivity index (χ0) is 17.7. The summed E-state index contributed by atoms with van der Waals surface area (Å²) in [7, 11) is -1.68. The summed E-state index contributed by atoms with van der Waals surface area (Å²) in [5.74, 6) is 1.41. The van der Waals surface area contributed by atoms with Gasteiger partial charge in [0.25, 0.3) is 0 Å². The minimum atomic E-state index is -1.68. The van der Waals surface area contributed by atoms with E-state index in [1.54, 1.807) is 6.07 Å². The van der Waals surface area contributed by atoms with Gasteiger partial charge < -0.3 is 9.53 Å². The Morgan fingerprint density at radius 3 is 1.70 bits per heavy atom. The number of rotatable bonds is 2. The van der Waals surface area contributed by atoms with Crippen molar-refractivity contribution in [1.82, 2.24) is 0 Å². The molecule has 2 aromatic carbocycles. The molecule has 0 radical (unpaired) electrons. The van der Waals surface area contributed by atoms with Crippen LogP contribution in [0.25, 0.3) is 0 Å². The molecule has 0 amide bonds. The Kier molecular flexibility index (Phi) is 6.45. The summed E-state index contributed by atoms with van der Waals surface area (Å²) in [6.45, 7) is 15.3. The van der Waals surface area contributed by atoms with Crippen LogP contribution in [0, 0.1) is 13.8 Å².